The van der Waals surface area contributed by atoms with Gasteiger partial charge in [0.05, 0.1) is 0 Å². The third-order valence-electron chi connectivity index (χ3n) is 3.98. The Morgan fingerprint density at radius 3 is 2.46 bits per heavy atom. The van der Waals surface area contributed by atoms with Crippen molar-refractivity contribution in [3.8, 4) is 0 Å². The third kappa shape index (κ3) is 6.17. The van der Waals surface area contributed by atoms with Gasteiger partial charge in [-0.15, -0.1) is 12.4 Å². The van der Waals surface area contributed by atoms with E-state index >= 15 is 0 Å². The summed E-state index contributed by atoms with van der Waals surface area (Å²) in [5.41, 5.74) is 8.79. The maximum absolute atomic E-state index is 12.4. The van der Waals surface area contributed by atoms with Crippen molar-refractivity contribution >= 4 is 39.9 Å². The summed E-state index contributed by atoms with van der Waals surface area (Å²) in [5.74, 6) is 0.124. The first kappa shape index (κ1) is 20.5. The van der Waals surface area contributed by atoms with Crippen LogP contribution >= 0.6 is 28.3 Å². The second kappa shape index (κ2) is 10.4. The maximum atomic E-state index is 12.4. The van der Waals surface area contributed by atoms with E-state index in [2.05, 4.69) is 34.2 Å². The van der Waals surface area contributed by atoms with Crippen LogP contribution in [0.15, 0.2) is 53.0 Å². The van der Waals surface area contributed by atoms with Gasteiger partial charge in [0.1, 0.15) is 0 Å². The van der Waals surface area contributed by atoms with Crippen molar-refractivity contribution in [1.29, 1.82) is 0 Å². The number of amides is 1. The fourth-order valence-corrected chi connectivity index (χ4v) is 2.96. The average Bonchev–Trinajstić information content (AvgIpc) is 2.56. The topological polar surface area (TPSA) is 55.1 Å². The highest BCUT2D eigenvalue weighted by Gasteiger charge is 2.17. The van der Waals surface area contributed by atoms with E-state index in [1.807, 2.05) is 42.5 Å². The summed E-state index contributed by atoms with van der Waals surface area (Å²) < 4.78 is 1.06. The number of benzene rings is 2. The zero-order valence-corrected chi connectivity index (χ0v) is 16.2. The molecule has 1 amide bonds. The first-order valence-electron chi connectivity index (χ1n) is 7.95. The van der Waals surface area contributed by atoms with E-state index in [0.717, 1.165) is 29.4 Å². The molecule has 0 bridgehead atoms. The monoisotopic (exact) mass is 410 g/mol. The molecule has 2 aromatic rings. The number of anilines is 1. The van der Waals surface area contributed by atoms with Gasteiger partial charge in [-0.25, -0.2) is 0 Å². The molecule has 24 heavy (non-hydrogen) atoms. The van der Waals surface area contributed by atoms with E-state index in [-0.39, 0.29) is 24.2 Å². The van der Waals surface area contributed by atoms with E-state index in [4.69, 9.17) is 5.73 Å². The Bertz CT molecular complexity index is 646. The van der Waals surface area contributed by atoms with Crippen LogP contribution in [-0.4, -0.2) is 12.5 Å². The van der Waals surface area contributed by atoms with Crippen molar-refractivity contribution < 1.29 is 4.79 Å². The number of halogens is 2. The molecule has 1 atom stereocenters. The molecule has 130 valence electrons. The number of hydrogen-bond acceptors (Lipinski definition) is 2. The fourth-order valence-electron chi connectivity index (χ4n) is 2.51. The van der Waals surface area contributed by atoms with Crippen LogP contribution in [0.3, 0.4) is 0 Å². The van der Waals surface area contributed by atoms with Gasteiger partial charge in [0.25, 0.3) is 0 Å². The predicted molar refractivity (Wildman–Crippen MR) is 106 cm³/mol. The van der Waals surface area contributed by atoms with Crippen LogP contribution in [-0.2, 0) is 17.6 Å². The molecule has 1 unspecified atom stereocenters. The highest BCUT2D eigenvalue weighted by Crippen LogP contribution is 2.21. The lowest BCUT2D eigenvalue weighted by atomic mass is 9.96. The molecule has 0 aliphatic heterocycles. The minimum absolute atomic E-state index is 0. The van der Waals surface area contributed by atoms with Crippen molar-refractivity contribution in [2.45, 2.75) is 26.2 Å². The number of nitrogen functional groups attached to an aromatic ring is 1. The van der Waals surface area contributed by atoms with Crippen molar-refractivity contribution in [3.63, 3.8) is 0 Å². The second-order valence-corrected chi connectivity index (χ2v) is 6.54. The van der Waals surface area contributed by atoms with E-state index in [9.17, 15) is 4.79 Å². The normalized spacial score (nSPS) is 11.4. The molecule has 0 saturated carbocycles. The Labute approximate surface area is 158 Å². The number of hydrogen-bond donors (Lipinski definition) is 2. The van der Waals surface area contributed by atoms with Gasteiger partial charge in [0, 0.05) is 22.6 Å². The van der Waals surface area contributed by atoms with E-state index in [1.54, 1.807) is 0 Å². The van der Waals surface area contributed by atoms with Crippen LogP contribution in [0.5, 0.6) is 0 Å². The molecular formula is C19H24BrClN2O. The van der Waals surface area contributed by atoms with Gasteiger partial charge in [-0.3, -0.25) is 4.79 Å². The summed E-state index contributed by atoms with van der Waals surface area (Å²) >= 11 is 3.55. The summed E-state index contributed by atoms with van der Waals surface area (Å²) in [6, 6.07) is 15.8. The van der Waals surface area contributed by atoms with Gasteiger partial charge in [0.15, 0.2) is 0 Å². The lowest BCUT2D eigenvalue weighted by Crippen LogP contribution is -2.33. The van der Waals surface area contributed by atoms with Crippen LogP contribution in [0.25, 0.3) is 0 Å². The maximum Gasteiger partial charge on any atom is 0.223 e. The smallest absolute Gasteiger partial charge is 0.223 e. The number of nitrogens with one attached hydrogen (secondary N) is 1. The molecular weight excluding hydrogens is 388 g/mol. The lowest BCUT2D eigenvalue weighted by molar-refractivity contribution is -0.125. The van der Waals surface area contributed by atoms with Crippen molar-refractivity contribution in [2.24, 2.45) is 5.92 Å². The first-order valence-corrected chi connectivity index (χ1v) is 8.75. The Balaban J connectivity index is 0.00000288. The summed E-state index contributed by atoms with van der Waals surface area (Å²) in [4.78, 5) is 12.4. The summed E-state index contributed by atoms with van der Waals surface area (Å²) in [5, 5.41) is 3.05. The summed E-state index contributed by atoms with van der Waals surface area (Å²) in [6.45, 7) is 2.70. The number of carbonyl (C=O) groups is 1. The van der Waals surface area contributed by atoms with Crippen LogP contribution in [0.4, 0.5) is 5.69 Å². The highest BCUT2D eigenvalue weighted by molar-refractivity contribution is 9.10. The Morgan fingerprint density at radius 2 is 1.83 bits per heavy atom. The quantitative estimate of drug-likeness (QED) is 0.664. The van der Waals surface area contributed by atoms with Crippen LogP contribution in [0.1, 0.15) is 24.5 Å². The van der Waals surface area contributed by atoms with Crippen LogP contribution in [0.2, 0.25) is 0 Å². The molecule has 0 radical (unpaired) electrons. The van der Waals surface area contributed by atoms with E-state index < -0.39 is 0 Å². The van der Waals surface area contributed by atoms with Gasteiger partial charge in [-0.1, -0.05) is 53.2 Å². The largest absolute Gasteiger partial charge is 0.399 e. The lowest BCUT2D eigenvalue weighted by Gasteiger charge is -2.16. The zero-order valence-electron chi connectivity index (χ0n) is 13.8. The van der Waals surface area contributed by atoms with Crippen molar-refractivity contribution in [1.82, 2.24) is 5.32 Å². The van der Waals surface area contributed by atoms with Gasteiger partial charge in [-0.05, 0) is 48.6 Å². The standard InChI is InChI=1S/C19H23BrN2O.ClH/c1-2-15(13-16-5-3-4-6-18(16)20)19(23)22-12-11-14-7-9-17(21)10-8-14;/h3-10,15H,2,11-13,21H2,1H3,(H,22,23);1H. The minimum atomic E-state index is 0. The number of rotatable bonds is 7. The van der Waals surface area contributed by atoms with Gasteiger partial charge < -0.3 is 11.1 Å². The van der Waals surface area contributed by atoms with Gasteiger partial charge in [0.2, 0.25) is 5.91 Å². The molecule has 0 saturated heterocycles. The third-order valence-corrected chi connectivity index (χ3v) is 4.75. The SMILES string of the molecule is CCC(Cc1ccccc1Br)C(=O)NCCc1ccc(N)cc1.Cl. The van der Waals surface area contributed by atoms with Crippen molar-refractivity contribution in [2.75, 3.05) is 12.3 Å². The molecule has 2 rings (SSSR count). The molecule has 0 fully saturated rings. The minimum Gasteiger partial charge on any atom is -0.399 e. The Morgan fingerprint density at radius 1 is 1.17 bits per heavy atom. The zero-order chi connectivity index (χ0) is 16.7. The molecule has 3 N–H and O–H groups in total. The highest BCUT2D eigenvalue weighted by atomic mass is 79.9. The number of nitrogens with two attached hydrogens (primary N) is 1. The first-order chi connectivity index (χ1) is 11.1. The van der Waals surface area contributed by atoms with E-state index in [1.165, 1.54) is 11.1 Å². The van der Waals surface area contributed by atoms with Gasteiger partial charge in [-0.2, -0.15) is 0 Å². The average molecular weight is 412 g/mol. The summed E-state index contributed by atoms with van der Waals surface area (Å²) in [6.07, 6.45) is 2.40. The molecule has 0 aliphatic carbocycles. The Hall–Kier alpha value is -1.52. The molecule has 0 heterocycles. The van der Waals surface area contributed by atoms with Crippen LogP contribution < -0.4 is 11.1 Å². The van der Waals surface area contributed by atoms with Crippen molar-refractivity contribution in [3.05, 3.63) is 64.1 Å². The van der Waals surface area contributed by atoms with E-state index in [0.29, 0.717) is 6.54 Å². The molecule has 0 aromatic heterocycles. The van der Waals surface area contributed by atoms with Crippen LogP contribution in [0, 0.1) is 5.92 Å². The Kier molecular flexibility index (Phi) is 8.87. The fraction of sp³-hybridized carbons (Fsp3) is 0.316. The summed E-state index contributed by atoms with van der Waals surface area (Å²) in [7, 11) is 0. The molecule has 2 aromatic carbocycles. The molecule has 0 aliphatic rings. The van der Waals surface area contributed by atoms with Gasteiger partial charge >= 0.3 is 0 Å². The predicted octanol–water partition coefficient (Wildman–Crippen LogP) is 4.38. The second-order valence-electron chi connectivity index (χ2n) is 5.68. The molecule has 5 heteroatoms. The molecule has 0 spiro atoms. The number of carbonyl (C=O) groups excluding carboxylic acids is 1. The molecule has 3 nitrogen and oxygen atoms in total.